The van der Waals surface area contributed by atoms with Gasteiger partial charge in [-0.25, -0.2) is 4.98 Å². The number of para-hydroxylation sites is 1. The zero-order valence-corrected chi connectivity index (χ0v) is 15.3. The molecule has 2 aromatic heterocycles. The highest BCUT2D eigenvalue weighted by Gasteiger charge is 2.15. The van der Waals surface area contributed by atoms with Crippen LogP contribution in [0.15, 0.2) is 72.9 Å². The summed E-state index contributed by atoms with van der Waals surface area (Å²) in [6.07, 6.45) is 2.01. The van der Waals surface area contributed by atoms with Crippen LogP contribution in [0.1, 0.15) is 5.56 Å². The number of hydrogen-bond acceptors (Lipinski definition) is 4. The van der Waals surface area contributed by atoms with Crippen LogP contribution in [0.5, 0.6) is 11.5 Å². The fourth-order valence-corrected chi connectivity index (χ4v) is 3.23. The van der Waals surface area contributed by atoms with E-state index in [1.807, 2.05) is 60.8 Å². The first-order valence-electron chi connectivity index (χ1n) is 8.78. The second-order valence-corrected chi connectivity index (χ2v) is 6.11. The van der Waals surface area contributed by atoms with Crippen molar-refractivity contribution in [3.8, 4) is 22.8 Å². The molecule has 0 aliphatic heterocycles. The molecule has 0 unspecified atom stereocenters. The molecule has 5 heteroatoms. The molecule has 0 saturated heterocycles. The van der Waals surface area contributed by atoms with Crippen LogP contribution in [0.4, 0.5) is 5.82 Å². The van der Waals surface area contributed by atoms with Crippen molar-refractivity contribution >= 4 is 11.5 Å². The third kappa shape index (κ3) is 3.19. The largest absolute Gasteiger partial charge is 0.493 e. The maximum atomic E-state index is 5.55. The molecule has 136 valence electrons. The number of benzene rings is 2. The first kappa shape index (κ1) is 17.0. The molecule has 0 atom stereocenters. The lowest BCUT2D eigenvalue weighted by Crippen LogP contribution is -2.05. The zero-order chi connectivity index (χ0) is 18.6. The standard InChI is InChI=1S/C22H21N3O2/c1-26-18-12-8-11-17(21(18)27-2)15-23-22-20(16-9-4-3-5-10-16)24-19-13-6-7-14-25(19)22/h3-14,23H,15H2,1-2H3. The summed E-state index contributed by atoms with van der Waals surface area (Å²) < 4.78 is 13.0. The summed E-state index contributed by atoms with van der Waals surface area (Å²) in [5, 5.41) is 3.54. The number of anilines is 1. The van der Waals surface area contributed by atoms with Gasteiger partial charge in [-0.15, -0.1) is 0 Å². The van der Waals surface area contributed by atoms with Gasteiger partial charge in [0.05, 0.1) is 14.2 Å². The Morgan fingerprint density at radius 1 is 0.889 bits per heavy atom. The van der Waals surface area contributed by atoms with Crippen molar-refractivity contribution in [1.82, 2.24) is 9.38 Å². The summed E-state index contributed by atoms with van der Waals surface area (Å²) in [5.41, 5.74) is 3.91. The number of rotatable bonds is 6. The van der Waals surface area contributed by atoms with Gasteiger partial charge in [-0.1, -0.05) is 48.5 Å². The Labute approximate surface area is 158 Å². The molecule has 0 saturated carbocycles. The topological polar surface area (TPSA) is 47.8 Å². The highest BCUT2D eigenvalue weighted by Crippen LogP contribution is 2.33. The summed E-state index contributed by atoms with van der Waals surface area (Å²) in [6.45, 7) is 0.586. The lowest BCUT2D eigenvalue weighted by atomic mass is 10.1. The molecular formula is C22H21N3O2. The van der Waals surface area contributed by atoms with E-state index in [2.05, 4.69) is 21.9 Å². The van der Waals surface area contributed by atoms with Crippen LogP contribution in [0, 0.1) is 0 Å². The predicted octanol–water partition coefficient (Wildman–Crippen LogP) is 4.63. The molecule has 2 heterocycles. The Morgan fingerprint density at radius 2 is 1.70 bits per heavy atom. The van der Waals surface area contributed by atoms with E-state index in [0.29, 0.717) is 6.54 Å². The van der Waals surface area contributed by atoms with E-state index < -0.39 is 0 Å². The molecule has 4 rings (SSSR count). The van der Waals surface area contributed by atoms with Gasteiger partial charge in [0.25, 0.3) is 0 Å². The van der Waals surface area contributed by atoms with E-state index in [-0.39, 0.29) is 0 Å². The molecule has 0 amide bonds. The Bertz CT molecular complexity index is 1060. The van der Waals surface area contributed by atoms with Crippen molar-refractivity contribution in [2.24, 2.45) is 0 Å². The van der Waals surface area contributed by atoms with E-state index in [9.17, 15) is 0 Å². The zero-order valence-electron chi connectivity index (χ0n) is 15.3. The van der Waals surface area contributed by atoms with Crippen LogP contribution in [0.25, 0.3) is 16.9 Å². The number of hydrogen-bond donors (Lipinski definition) is 1. The average Bonchev–Trinajstić information content (AvgIpc) is 3.11. The monoisotopic (exact) mass is 359 g/mol. The minimum atomic E-state index is 0.586. The summed E-state index contributed by atoms with van der Waals surface area (Å²) in [5.74, 6) is 2.41. The summed E-state index contributed by atoms with van der Waals surface area (Å²) in [7, 11) is 3.30. The fourth-order valence-electron chi connectivity index (χ4n) is 3.23. The van der Waals surface area contributed by atoms with Gasteiger partial charge in [0.2, 0.25) is 0 Å². The Morgan fingerprint density at radius 3 is 2.48 bits per heavy atom. The number of imidazole rings is 1. The second kappa shape index (κ2) is 7.41. The molecule has 0 fully saturated rings. The van der Waals surface area contributed by atoms with Crippen molar-refractivity contribution in [3.05, 3.63) is 78.5 Å². The molecule has 0 radical (unpaired) electrons. The lowest BCUT2D eigenvalue weighted by molar-refractivity contribution is 0.352. The maximum Gasteiger partial charge on any atom is 0.165 e. The smallest absolute Gasteiger partial charge is 0.165 e. The van der Waals surface area contributed by atoms with Gasteiger partial charge in [0, 0.05) is 23.9 Å². The summed E-state index contributed by atoms with van der Waals surface area (Å²) >= 11 is 0. The molecule has 0 aliphatic rings. The van der Waals surface area contributed by atoms with Crippen molar-refractivity contribution in [2.45, 2.75) is 6.54 Å². The Kier molecular flexibility index (Phi) is 4.66. The molecule has 1 N–H and O–H groups in total. The normalized spacial score (nSPS) is 10.7. The van der Waals surface area contributed by atoms with Crippen LogP contribution in [0.3, 0.4) is 0 Å². The molecule has 0 bridgehead atoms. The minimum Gasteiger partial charge on any atom is -0.493 e. The van der Waals surface area contributed by atoms with E-state index >= 15 is 0 Å². The number of aromatic nitrogens is 2. The van der Waals surface area contributed by atoms with Crippen molar-refractivity contribution in [2.75, 3.05) is 19.5 Å². The van der Waals surface area contributed by atoms with E-state index in [1.54, 1.807) is 14.2 Å². The molecule has 0 aliphatic carbocycles. The third-order valence-electron chi connectivity index (χ3n) is 4.51. The SMILES string of the molecule is COc1cccc(CNc2c(-c3ccccc3)nc3ccccn23)c1OC. The number of nitrogens with zero attached hydrogens (tertiary/aromatic N) is 2. The highest BCUT2D eigenvalue weighted by molar-refractivity contribution is 5.76. The second-order valence-electron chi connectivity index (χ2n) is 6.11. The minimum absolute atomic E-state index is 0.586. The fraction of sp³-hybridized carbons (Fsp3) is 0.136. The lowest BCUT2D eigenvalue weighted by Gasteiger charge is -2.14. The summed E-state index contributed by atoms with van der Waals surface area (Å²) in [6, 6.07) is 22.1. The van der Waals surface area contributed by atoms with Crippen LogP contribution >= 0.6 is 0 Å². The van der Waals surface area contributed by atoms with E-state index in [1.165, 1.54) is 0 Å². The highest BCUT2D eigenvalue weighted by atomic mass is 16.5. The predicted molar refractivity (Wildman–Crippen MR) is 108 cm³/mol. The quantitative estimate of drug-likeness (QED) is 0.545. The molecule has 27 heavy (non-hydrogen) atoms. The number of nitrogens with one attached hydrogen (secondary N) is 1. The van der Waals surface area contributed by atoms with Gasteiger partial charge < -0.3 is 14.8 Å². The number of methoxy groups -OCH3 is 2. The first-order chi connectivity index (χ1) is 13.3. The van der Waals surface area contributed by atoms with Gasteiger partial charge in [-0.05, 0) is 18.2 Å². The van der Waals surface area contributed by atoms with Gasteiger partial charge in [-0.3, -0.25) is 4.40 Å². The van der Waals surface area contributed by atoms with Crippen molar-refractivity contribution < 1.29 is 9.47 Å². The third-order valence-corrected chi connectivity index (χ3v) is 4.51. The Balaban J connectivity index is 1.74. The van der Waals surface area contributed by atoms with Crippen LogP contribution in [-0.4, -0.2) is 23.6 Å². The van der Waals surface area contributed by atoms with Gasteiger partial charge in [0.1, 0.15) is 17.2 Å². The number of ether oxygens (including phenoxy) is 2. The molecule has 0 spiro atoms. The Hall–Kier alpha value is -3.47. The van der Waals surface area contributed by atoms with E-state index in [0.717, 1.165) is 39.8 Å². The summed E-state index contributed by atoms with van der Waals surface area (Å²) in [4.78, 5) is 4.82. The van der Waals surface area contributed by atoms with Crippen LogP contribution < -0.4 is 14.8 Å². The van der Waals surface area contributed by atoms with Gasteiger partial charge in [0.15, 0.2) is 11.5 Å². The molecule has 2 aromatic carbocycles. The van der Waals surface area contributed by atoms with Crippen molar-refractivity contribution in [3.63, 3.8) is 0 Å². The van der Waals surface area contributed by atoms with Gasteiger partial charge in [-0.2, -0.15) is 0 Å². The number of fused-ring (bicyclic) bond motifs is 1. The number of pyridine rings is 1. The van der Waals surface area contributed by atoms with Crippen LogP contribution in [-0.2, 0) is 6.54 Å². The van der Waals surface area contributed by atoms with Crippen molar-refractivity contribution in [1.29, 1.82) is 0 Å². The maximum absolute atomic E-state index is 5.55. The molecule has 5 nitrogen and oxygen atoms in total. The first-order valence-corrected chi connectivity index (χ1v) is 8.78. The van der Waals surface area contributed by atoms with Gasteiger partial charge >= 0.3 is 0 Å². The molecular weight excluding hydrogens is 338 g/mol. The molecule has 4 aromatic rings. The van der Waals surface area contributed by atoms with Crippen LogP contribution in [0.2, 0.25) is 0 Å². The average molecular weight is 359 g/mol. The van der Waals surface area contributed by atoms with E-state index in [4.69, 9.17) is 14.5 Å².